The van der Waals surface area contributed by atoms with Crippen LogP contribution in [0.2, 0.25) is 0 Å². The second-order valence-corrected chi connectivity index (χ2v) is 6.15. The number of nitrogens with two attached hydrogens (primary N) is 1. The molecule has 0 aliphatic heterocycles. The van der Waals surface area contributed by atoms with Crippen LogP contribution in [0.3, 0.4) is 0 Å². The first-order chi connectivity index (χ1) is 9.46. The van der Waals surface area contributed by atoms with Gasteiger partial charge in [-0.1, -0.05) is 19.1 Å². The third-order valence-electron chi connectivity index (χ3n) is 3.00. The van der Waals surface area contributed by atoms with Crippen molar-refractivity contribution in [1.82, 2.24) is 0 Å². The standard InChI is InChI=1S/C14H18N2O3S/c1-3-11-5-4-6-12(7-11)16-20(17,18)14-8-13(9-15)19-10(14)2/h4-8,16H,3,9,15H2,1-2H3. The van der Waals surface area contributed by atoms with E-state index >= 15 is 0 Å². The average Bonchev–Trinajstić information content (AvgIpc) is 2.80. The fraction of sp³-hybridized carbons (Fsp3) is 0.286. The van der Waals surface area contributed by atoms with Gasteiger partial charge in [0.2, 0.25) is 0 Å². The Morgan fingerprint density at radius 1 is 1.30 bits per heavy atom. The molecule has 0 spiro atoms. The van der Waals surface area contributed by atoms with E-state index < -0.39 is 10.0 Å². The van der Waals surface area contributed by atoms with E-state index in [4.69, 9.17) is 10.2 Å². The van der Waals surface area contributed by atoms with Crippen LogP contribution in [0, 0.1) is 6.92 Å². The number of hydrogen-bond acceptors (Lipinski definition) is 4. The van der Waals surface area contributed by atoms with Crippen molar-refractivity contribution in [2.45, 2.75) is 31.7 Å². The molecule has 0 bridgehead atoms. The molecule has 0 saturated carbocycles. The number of furan rings is 1. The summed E-state index contributed by atoms with van der Waals surface area (Å²) in [7, 11) is -3.66. The third-order valence-corrected chi connectivity index (χ3v) is 4.49. The molecule has 2 rings (SSSR count). The van der Waals surface area contributed by atoms with E-state index in [1.54, 1.807) is 13.0 Å². The highest BCUT2D eigenvalue weighted by atomic mass is 32.2. The van der Waals surface area contributed by atoms with E-state index in [1.165, 1.54) is 6.07 Å². The topological polar surface area (TPSA) is 85.3 Å². The molecule has 0 saturated heterocycles. The number of hydrogen-bond donors (Lipinski definition) is 2. The second-order valence-electron chi connectivity index (χ2n) is 4.50. The van der Waals surface area contributed by atoms with Crippen molar-refractivity contribution in [3.05, 3.63) is 47.4 Å². The minimum absolute atomic E-state index is 0.125. The van der Waals surface area contributed by atoms with Gasteiger partial charge in [-0.05, 0) is 31.0 Å². The predicted octanol–water partition coefficient (Wildman–Crippen LogP) is 2.41. The van der Waals surface area contributed by atoms with Gasteiger partial charge in [-0.15, -0.1) is 0 Å². The summed E-state index contributed by atoms with van der Waals surface area (Å²) in [6, 6.07) is 8.77. The minimum atomic E-state index is -3.66. The van der Waals surface area contributed by atoms with Gasteiger partial charge in [-0.3, -0.25) is 4.72 Å². The van der Waals surface area contributed by atoms with Crippen molar-refractivity contribution >= 4 is 15.7 Å². The van der Waals surface area contributed by atoms with Crippen LogP contribution in [-0.2, 0) is 23.0 Å². The van der Waals surface area contributed by atoms with Gasteiger partial charge in [0.1, 0.15) is 16.4 Å². The lowest BCUT2D eigenvalue weighted by molar-refractivity contribution is 0.479. The van der Waals surface area contributed by atoms with Crippen molar-refractivity contribution in [1.29, 1.82) is 0 Å². The molecule has 1 heterocycles. The van der Waals surface area contributed by atoms with E-state index in [1.807, 2.05) is 25.1 Å². The first kappa shape index (κ1) is 14.6. The van der Waals surface area contributed by atoms with Gasteiger partial charge >= 0.3 is 0 Å². The highest BCUT2D eigenvalue weighted by Crippen LogP contribution is 2.23. The summed E-state index contributed by atoms with van der Waals surface area (Å²) in [5.74, 6) is 0.787. The molecule has 108 valence electrons. The largest absolute Gasteiger partial charge is 0.464 e. The first-order valence-corrected chi connectivity index (χ1v) is 7.85. The smallest absolute Gasteiger partial charge is 0.265 e. The van der Waals surface area contributed by atoms with Gasteiger partial charge < -0.3 is 10.2 Å². The van der Waals surface area contributed by atoms with Crippen molar-refractivity contribution in [2.24, 2.45) is 5.73 Å². The van der Waals surface area contributed by atoms with Gasteiger partial charge in [0.05, 0.1) is 6.54 Å². The van der Waals surface area contributed by atoms with Crippen LogP contribution >= 0.6 is 0 Å². The van der Waals surface area contributed by atoms with Crippen LogP contribution in [0.5, 0.6) is 0 Å². The molecule has 0 amide bonds. The number of nitrogens with one attached hydrogen (secondary N) is 1. The van der Waals surface area contributed by atoms with Crippen LogP contribution in [0.25, 0.3) is 0 Å². The zero-order valence-corrected chi connectivity index (χ0v) is 12.3. The number of aryl methyl sites for hydroxylation is 2. The highest BCUT2D eigenvalue weighted by Gasteiger charge is 2.21. The summed E-state index contributed by atoms with van der Waals surface area (Å²) in [6.07, 6.45) is 0.845. The number of benzene rings is 1. The Labute approximate surface area is 118 Å². The molecule has 2 aromatic rings. The Balaban J connectivity index is 2.32. The summed E-state index contributed by atoms with van der Waals surface area (Å²) in [4.78, 5) is 0.125. The van der Waals surface area contributed by atoms with Crippen LogP contribution in [-0.4, -0.2) is 8.42 Å². The van der Waals surface area contributed by atoms with E-state index in [9.17, 15) is 8.42 Å². The molecule has 1 aromatic heterocycles. The second kappa shape index (κ2) is 5.68. The minimum Gasteiger partial charge on any atom is -0.464 e. The van der Waals surface area contributed by atoms with Crippen molar-refractivity contribution in [3.8, 4) is 0 Å². The lowest BCUT2D eigenvalue weighted by Crippen LogP contribution is -2.13. The van der Waals surface area contributed by atoms with E-state index in [0.29, 0.717) is 17.2 Å². The molecule has 6 heteroatoms. The maximum Gasteiger partial charge on any atom is 0.265 e. The van der Waals surface area contributed by atoms with E-state index in [0.717, 1.165) is 12.0 Å². The van der Waals surface area contributed by atoms with Crippen LogP contribution in [0.1, 0.15) is 24.0 Å². The summed E-state index contributed by atoms with van der Waals surface area (Å²) in [5.41, 5.74) is 7.06. The van der Waals surface area contributed by atoms with Gasteiger partial charge in [0, 0.05) is 11.8 Å². The summed E-state index contributed by atoms with van der Waals surface area (Å²) in [5, 5.41) is 0. The molecule has 0 atom stereocenters. The predicted molar refractivity (Wildman–Crippen MR) is 78.0 cm³/mol. The van der Waals surface area contributed by atoms with Crippen LogP contribution in [0.15, 0.2) is 39.6 Å². The number of rotatable bonds is 5. The molecular formula is C14H18N2O3S. The molecule has 0 aliphatic carbocycles. The first-order valence-electron chi connectivity index (χ1n) is 6.37. The molecule has 20 heavy (non-hydrogen) atoms. The SMILES string of the molecule is CCc1cccc(NS(=O)(=O)c2cc(CN)oc2C)c1. The Morgan fingerprint density at radius 2 is 2.05 bits per heavy atom. The normalized spacial score (nSPS) is 11.6. The number of sulfonamides is 1. The maximum absolute atomic E-state index is 12.3. The fourth-order valence-electron chi connectivity index (χ4n) is 1.96. The Hall–Kier alpha value is -1.79. The Kier molecular flexibility index (Phi) is 4.15. The zero-order chi connectivity index (χ0) is 14.8. The Bertz CT molecular complexity index is 705. The molecule has 0 unspecified atom stereocenters. The van der Waals surface area contributed by atoms with Gasteiger partial charge in [0.15, 0.2) is 0 Å². The third kappa shape index (κ3) is 3.02. The number of anilines is 1. The lowest BCUT2D eigenvalue weighted by Gasteiger charge is -2.08. The van der Waals surface area contributed by atoms with Gasteiger partial charge in [-0.25, -0.2) is 8.42 Å². The molecule has 0 radical (unpaired) electrons. The lowest BCUT2D eigenvalue weighted by atomic mass is 10.1. The molecule has 0 aliphatic rings. The molecular weight excluding hydrogens is 276 g/mol. The van der Waals surface area contributed by atoms with Crippen LogP contribution < -0.4 is 10.5 Å². The summed E-state index contributed by atoms with van der Waals surface area (Å²) in [6.45, 7) is 3.79. The fourth-order valence-corrected chi connectivity index (χ4v) is 3.21. The van der Waals surface area contributed by atoms with Gasteiger partial charge in [0.25, 0.3) is 10.0 Å². The molecule has 3 N–H and O–H groups in total. The summed E-state index contributed by atoms with van der Waals surface area (Å²) < 4.78 is 32.5. The van der Waals surface area contributed by atoms with Crippen LogP contribution in [0.4, 0.5) is 5.69 Å². The highest BCUT2D eigenvalue weighted by molar-refractivity contribution is 7.92. The Morgan fingerprint density at radius 3 is 2.65 bits per heavy atom. The maximum atomic E-state index is 12.3. The zero-order valence-electron chi connectivity index (χ0n) is 11.5. The molecule has 0 fully saturated rings. The monoisotopic (exact) mass is 294 g/mol. The van der Waals surface area contributed by atoms with Crippen molar-refractivity contribution in [2.75, 3.05) is 4.72 Å². The van der Waals surface area contributed by atoms with Crippen molar-refractivity contribution < 1.29 is 12.8 Å². The van der Waals surface area contributed by atoms with E-state index in [2.05, 4.69) is 4.72 Å². The molecule has 1 aromatic carbocycles. The quantitative estimate of drug-likeness (QED) is 0.886. The van der Waals surface area contributed by atoms with Gasteiger partial charge in [-0.2, -0.15) is 0 Å². The average molecular weight is 294 g/mol. The van der Waals surface area contributed by atoms with E-state index in [-0.39, 0.29) is 11.4 Å². The van der Waals surface area contributed by atoms with Crippen molar-refractivity contribution in [3.63, 3.8) is 0 Å². The molecule has 5 nitrogen and oxygen atoms in total. The summed E-state index contributed by atoms with van der Waals surface area (Å²) >= 11 is 0.